The Bertz CT molecular complexity index is 362. The molecule has 1 aromatic heterocycles. The maximum Gasteiger partial charge on any atom is 0.224 e. The lowest BCUT2D eigenvalue weighted by molar-refractivity contribution is 0.254. The first-order valence-corrected chi connectivity index (χ1v) is 6.74. The van der Waals surface area contributed by atoms with E-state index in [1.807, 2.05) is 13.1 Å². The van der Waals surface area contributed by atoms with E-state index in [4.69, 9.17) is 0 Å². The zero-order valence-corrected chi connectivity index (χ0v) is 11.3. The molecule has 0 atom stereocenters. The van der Waals surface area contributed by atoms with Gasteiger partial charge in [-0.1, -0.05) is 12.8 Å². The van der Waals surface area contributed by atoms with Gasteiger partial charge in [-0.2, -0.15) is 4.98 Å². The third-order valence-electron chi connectivity index (χ3n) is 3.60. The summed E-state index contributed by atoms with van der Waals surface area (Å²) in [5, 5.41) is 6.28. The van der Waals surface area contributed by atoms with Gasteiger partial charge >= 0.3 is 0 Å². The zero-order chi connectivity index (χ0) is 12.8. The van der Waals surface area contributed by atoms with E-state index in [-0.39, 0.29) is 0 Å². The molecule has 18 heavy (non-hydrogen) atoms. The maximum atomic E-state index is 4.33. The second-order valence-corrected chi connectivity index (χ2v) is 4.86. The number of nitrogens with zero attached hydrogens (tertiary/aromatic N) is 3. The highest BCUT2D eigenvalue weighted by Gasteiger charge is 2.18. The largest absolute Gasteiger partial charge is 0.369 e. The minimum absolute atomic E-state index is 0.657. The fourth-order valence-electron chi connectivity index (χ4n) is 2.47. The minimum Gasteiger partial charge on any atom is -0.369 e. The van der Waals surface area contributed by atoms with Crippen LogP contribution in [-0.2, 0) is 0 Å². The van der Waals surface area contributed by atoms with Gasteiger partial charge in [0.25, 0.3) is 0 Å². The molecule has 1 aliphatic carbocycles. The lowest BCUT2D eigenvalue weighted by Crippen LogP contribution is -2.33. The molecule has 2 rings (SSSR count). The van der Waals surface area contributed by atoms with Crippen LogP contribution >= 0.6 is 0 Å². The van der Waals surface area contributed by atoms with Gasteiger partial charge in [0, 0.05) is 32.4 Å². The fourth-order valence-corrected chi connectivity index (χ4v) is 2.47. The van der Waals surface area contributed by atoms with Gasteiger partial charge in [-0.3, -0.25) is 0 Å². The Morgan fingerprint density at radius 1 is 1.39 bits per heavy atom. The zero-order valence-electron chi connectivity index (χ0n) is 11.3. The lowest BCUT2D eigenvalue weighted by atomic mass is 10.2. The molecule has 1 heterocycles. The van der Waals surface area contributed by atoms with E-state index < -0.39 is 0 Å². The number of likely N-dealkylation sites (N-methyl/N-ethyl adjacent to an activating group) is 1. The number of aromatic nitrogens is 2. The van der Waals surface area contributed by atoms with Gasteiger partial charge in [-0.25, -0.2) is 4.98 Å². The van der Waals surface area contributed by atoms with Gasteiger partial charge in [0.2, 0.25) is 5.95 Å². The summed E-state index contributed by atoms with van der Waals surface area (Å²) in [6.45, 7) is 1.98. The monoisotopic (exact) mass is 249 g/mol. The molecule has 1 fully saturated rings. The van der Waals surface area contributed by atoms with Crippen LogP contribution in [0.5, 0.6) is 0 Å². The molecule has 1 aliphatic rings. The standard InChI is InChI=1S/C13H23N5/c1-14-13-16-8-7-12(17-13)15-9-10-18(2)11-5-3-4-6-11/h7-8,11H,3-6,9-10H2,1-2H3,(H2,14,15,16,17). The molecule has 0 saturated heterocycles. The first kappa shape index (κ1) is 13.1. The van der Waals surface area contributed by atoms with Crippen molar-refractivity contribution in [3.63, 3.8) is 0 Å². The average Bonchev–Trinajstić information content (AvgIpc) is 2.93. The molecule has 1 aromatic rings. The fraction of sp³-hybridized carbons (Fsp3) is 0.692. The summed E-state index contributed by atoms with van der Waals surface area (Å²) >= 11 is 0. The molecule has 5 heteroatoms. The van der Waals surface area contributed by atoms with Crippen molar-refractivity contribution >= 4 is 11.8 Å². The normalized spacial score (nSPS) is 16.2. The second kappa shape index (κ2) is 6.54. The summed E-state index contributed by atoms with van der Waals surface area (Å²) in [7, 11) is 4.05. The van der Waals surface area contributed by atoms with Gasteiger partial charge < -0.3 is 15.5 Å². The molecule has 0 aromatic carbocycles. The van der Waals surface area contributed by atoms with Gasteiger partial charge in [-0.05, 0) is 26.0 Å². The summed E-state index contributed by atoms with van der Waals surface area (Å²) < 4.78 is 0. The number of nitrogens with one attached hydrogen (secondary N) is 2. The highest BCUT2D eigenvalue weighted by Crippen LogP contribution is 2.21. The summed E-state index contributed by atoms with van der Waals surface area (Å²) in [6, 6.07) is 2.68. The predicted molar refractivity (Wildman–Crippen MR) is 75.0 cm³/mol. The minimum atomic E-state index is 0.657. The Kier molecular flexibility index (Phi) is 4.75. The Balaban J connectivity index is 1.73. The van der Waals surface area contributed by atoms with Crippen LogP contribution in [0.2, 0.25) is 0 Å². The molecular formula is C13H23N5. The summed E-state index contributed by atoms with van der Waals surface area (Å²) in [5.74, 6) is 1.54. The van der Waals surface area contributed by atoms with Gasteiger partial charge in [-0.15, -0.1) is 0 Å². The third-order valence-corrected chi connectivity index (χ3v) is 3.60. The third kappa shape index (κ3) is 3.57. The summed E-state index contributed by atoms with van der Waals surface area (Å²) in [5.41, 5.74) is 0. The van der Waals surface area contributed by atoms with Crippen molar-refractivity contribution < 1.29 is 0 Å². The van der Waals surface area contributed by atoms with Crippen LogP contribution in [0.1, 0.15) is 25.7 Å². The molecule has 0 radical (unpaired) electrons. The predicted octanol–water partition coefficient (Wildman–Crippen LogP) is 1.80. The topological polar surface area (TPSA) is 53.1 Å². The van der Waals surface area contributed by atoms with Crippen LogP contribution in [0.4, 0.5) is 11.8 Å². The Labute approximate surface area is 109 Å². The van der Waals surface area contributed by atoms with Gasteiger partial charge in [0.05, 0.1) is 0 Å². The Morgan fingerprint density at radius 2 is 2.17 bits per heavy atom. The van der Waals surface area contributed by atoms with Crippen molar-refractivity contribution in [3.8, 4) is 0 Å². The molecule has 5 nitrogen and oxygen atoms in total. The van der Waals surface area contributed by atoms with Crippen molar-refractivity contribution in [2.45, 2.75) is 31.7 Å². The Morgan fingerprint density at radius 3 is 2.89 bits per heavy atom. The van der Waals surface area contributed by atoms with Gasteiger partial charge in [0.1, 0.15) is 5.82 Å². The van der Waals surface area contributed by atoms with E-state index in [9.17, 15) is 0 Å². The highest BCUT2D eigenvalue weighted by molar-refractivity contribution is 5.38. The number of rotatable bonds is 6. The molecule has 0 bridgehead atoms. The second-order valence-electron chi connectivity index (χ2n) is 4.86. The molecule has 0 amide bonds. The van der Waals surface area contributed by atoms with E-state index in [0.29, 0.717) is 5.95 Å². The molecule has 0 aliphatic heterocycles. The van der Waals surface area contributed by atoms with Crippen molar-refractivity contribution in [2.75, 3.05) is 37.8 Å². The van der Waals surface area contributed by atoms with Crippen LogP contribution in [-0.4, -0.2) is 48.1 Å². The molecular weight excluding hydrogens is 226 g/mol. The molecule has 1 saturated carbocycles. The molecule has 0 unspecified atom stereocenters. The van der Waals surface area contributed by atoms with E-state index in [0.717, 1.165) is 24.9 Å². The summed E-state index contributed by atoms with van der Waals surface area (Å²) in [4.78, 5) is 10.9. The van der Waals surface area contributed by atoms with Crippen molar-refractivity contribution in [1.82, 2.24) is 14.9 Å². The van der Waals surface area contributed by atoms with Crippen LogP contribution in [0.25, 0.3) is 0 Å². The first-order chi connectivity index (χ1) is 8.79. The smallest absolute Gasteiger partial charge is 0.224 e. The average molecular weight is 249 g/mol. The van der Waals surface area contributed by atoms with Gasteiger partial charge in [0.15, 0.2) is 0 Å². The highest BCUT2D eigenvalue weighted by atomic mass is 15.2. The van der Waals surface area contributed by atoms with E-state index in [2.05, 4.69) is 32.5 Å². The van der Waals surface area contributed by atoms with Crippen LogP contribution in [0.15, 0.2) is 12.3 Å². The SMILES string of the molecule is CNc1nccc(NCCN(C)C2CCCC2)n1. The first-order valence-electron chi connectivity index (χ1n) is 6.74. The van der Waals surface area contributed by atoms with Crippen molar-refractivity contribution in [1.29, 1.82) is 0 Å². The van der Waals surface area contributed by atoms with E-state index >= 15 is 0 Å². The van der Waals surface area contributed by atoms with E-state index in [1.54, 1.807) is 6.20 Å². The van der Waals surface area contributed by atoms with Crippen molar-refractivity contribution in [2.24, 2.45) is 0 Å². The number of anilines is 2. The quantitative estimate of drug-likeness (QED) is 0.805. The molecule has 100 valence electrons. The number of hydrogen-bond acceptors (Lipinski definition) is 5. The van der Waals surface area contributed by atoms with Crippen molar-refractivity contribution in [3.05, 3.63) is 12.3 Å². The van der Waals surface area contributed by atoms with E-state index in [1.165, 1.54) is 25.7 Å². The molecule has 2 N–H and O–H groups in total. The Hall–Kier alpha value is -1.36. The lowest BCUT2D eigenvalue weighted by Gasteiger charge is -2.24. The molecule has 0 spiro atoms. The van der Waals surface area contributed by atoms with Crippen LogP contribution < -0.4 is 10.6 Å². The maximum absolute atomic E-state index is 4.33. The summed E-state index contributed by atoms with van der Waals surface area (Å²) in [6.07, 6.45) is 7.25. The van der Waals surface area contributed by atoms with Crippen LogP contribution in [0, 0.1) is 0 Å². The number of hydrogen-bond donors (Lipinski definition) is 2. The van der Waals surface area contributed by atoms with Crippen LogP contribution in [0.3, 0.4) is 0 Å².